The Morgan fingerprint density at radius 3 is 2.59 bits per heavy atom. The zero-order valence-corrected chi connectivity index (χ0v) is 15.9. The Hall–Kier alpha value is -3.55. The number of H-pyrrole nitrogens is 1. The first-order chi connectivity index (χ1) is 14.2. The molecule has 0 aliphatic carbocycles. The van der Waals surface area contributed by atoms with Crippen LogP contribution in [0.5, 0.6) is 0 Å². The van der Waals surface area contributed by atoms with Crippen molar-refractivity contribution in [3.05, 3.63) is 65.7 Å². The first-order valence-electron chi connectivity index (χ1n) is 9.69. The molecule has 1 saturated heterocycles. The molecular weight excluding hydrogens is 368 g/mol. The van der Waals surface area contributed by atoms with Gasteiger partial charge in [0.2, 0.25) is 11.7 Å². The van der Waals surface area contributed by atoms with Crippen LogP contribution in [0, 0.1) is 0 Å². The predicted octanol–water partition coefficient (Wildman–Crippen LogP) is 2.18. The minimum Gasteiger partial charge on any atom is -0.350 e. The van der Waals surface area contributed by atoms with Crippen molar-refractivity contribution in [3.63, 3.8) is 0 Å². The van der Waals surface area contributed by atoms with Crippen molar-refractivity contribution in [1.29, 1.82) is 0 Å². The number of aromatic nitrogens is 4. The fourth-order valence-corrected chi connectivity index (χ4v) is 3.56. The van der Waals surface area contributed by atoms with Gasteiger partial charge < -0.3 is 10.2 Å². The van der Waals surface area contributed by atoms with E-state index < -0.39 is 6.04 Å². The molecule has 8 nitrogen and oxygen atoms in total. The average Bonchev–Trinajstić information content (AvgIpc) is 3.33. The third kappa shape index (κ3) is 4.31. The second kappa shape index (κ2) is 8.64. The maximum atomic E-state index is 12.9. The van der Waals surface area contributed by atoms with Gasteiger partial charge >= 0.3 is 0 Å². The number of piperidine rings is 1. The Bertz CT molecular complexity index is 957. The fourth-order valence-electron chi connectivity index (χ4n) is 3.56. The van der Waals surface area contributed by atoms with Gasteiger partial charge in [0.25, 0.3) is 5.91 Å². The molecule has 2 N–H and O–H groups in total. The van der Waals surface area contributed by atoms with Gasteiger partial charge in [-0.3, -0.25) is 9.59 Å². The van der Waals surface area contributed by atoms with Crippen molar-refractivity contribution in [3.8, 4) is 11.4 Å². The molecular formula is C21H22N6O2. The van der Waals surface area contributed by atoms with Crippen molar-refractivity contribution in [1.82, 2.24) is 30.8 Å². The van der Waals surface area contributed by atoms with E-state index in [-0.39, 0.29) is 11.8 Å². The fraction of sp³-hybridized carbons (Fsp3) is 0.286. The van der Waals surface area contributed by atoms with E-state index in [1.807, 2.05) is 42.5 Å². The van der Waals surface area contributed by atoms with Crippen LogP contribution in [0.25, 0.3) is 11.4 Å². The summed E-state index contributed by atoms with van der Waals surface area (Å²) in [5.41, 5.74) is 2.42. The zero-order chi connectivity index (χ0) is 20.1. The highest BCUT2D eigenvalue weighted by atomic mass is 16.2. The third-order valence-electron chi connectivity index (χ3n) is 5.11. The van der Waals surface area contributed by atoms with Crippen LogP contribution in [0.15, 0.2) is 54.6 Å². The summed E-state index contributed by atoms with van der Waals surface area (Å²) in [7, 11) is 0. The minimum absolute atomic E-state index is 0.0880. The smallest absolute Gasteiger partial charge is 0.254 e. The maximum Gasteiger partial charge on any atom is 0.254 e. The van der Waals surface area contributed by atoms with Crippen LogP contribution in [-0.2, 0) is 11.3 Å². The van der Waals surface area contributed by atoms with Gasteiger partial charge in [0, 0.05) is 24.2 Å². The quantitative estimate of drug-likeness (QED) is 0.695. The number of nitrogens with one attached hydrogen (secondary N) is 2. The van der Waals surface area contributed by atoms with E-state index >= 15 is 0 Å². The largest absolute Gasteiger partial charge is 0.350 e. The van der Waals surface area contributed by atoms with Gasteiger partial charge in [-0.05, 0) is 42.2 Å². The van der Waals surface area contributed by atoms with Crippen molar-refractivity contribution >= 4 is 11.8 Å². The lowest BCUT2D eigenvalue weighted by Gasteiger charge is -2.34. The molecule has 4 rings (SSSR count). The highest BCUT2D eigenvalue weighted by Gasteiger charge is 2.32. The van der Waals surface area contributed by atoms with Gasteiger partial charge in [-0.15, -0.1) is 10.2 Å². The van der Waals surface area contributed by atoms with Gasteiger partial charge in [-0.2, -0.15) is 5.21 Å². The maximum absolute atomic E-state index is 12.9. The molecule has 2 heterocycles. The first kappa shape index (κ1) is 18.8. The summed E-state index contributed by atoms with van der Waals surface area (Å²) in [6.45, 7) is 1.00. The third-order valence-corrected chi connectivity index (χ3v) is 5.11. The van der Waals surface area contributed by atoms with Crippen molar-refractivity contribution in [2.75, 3.05) is 6.54 Å². The van der Waals surface area contributed by atoms with E-state index in [2.05, 4.69) is 25.9 Å². The number of carbonyl (C=O) groups is 2. The van der Waals surface area contributed by atoms with Crippen LogP contribution in [-0.4, -0.2) is 49.9 Å². The van der Waals surface area contributed by atoms with Crippen LogP contribution in [0.1, 0.15) is 35.2 Å². The molecule has 0 spiro atoms. The normalized spacial score (nSPS) is 16.4. The molecule has 1 aliphatic rings. The summed E-state index contributed by atoms with van der Waals surface area (Å²) < 4.78 is 0. The number of hydrogen-bond donors (Lipinski definition) is 2. The summed E-state index contributed by atoms with van der Waals surface area (Å²) in [6, 6.07) is 16.3. The number of aromatic amines is 1. The van der Waals surface area contributed by atoms with E-state index in [0.29, 0.717) is 30.9 Å². The Morgan fingerprint density at radius 2 is 1.86 bits per heavy atom. The monoisotopic (exact) mass is 390 g/mol. The van der Waals surface area contributed by atoms with E-state index in [9.17, 15) is 9.59 Å². The SMILES string of the molecule is O=C(NCc1ccc(-c2nn[nH]n2)cc1)C1CCCCN1C(=O)c1ccccc1. The molecule has 0 bridgehead atoms. The lowest BCUT2D eigenvalue weighted by atomic mass is 10.00. The predicted molar refractivity (Wildman–Crippen MR) is 107 cm³/mol. The van der Waals surface area contributed by atoms with Crippen molar-refractivity contribution in [2.24, 2.45) is 0 Å². The number of rotatable bonds is 5. The lowest BCUT2D eigenvalue weighted by Crippen LogP contribution is -2.51. The van der Waals surface area contributed by atoms with Gasteiger partial charge in [-0.25, -0.2) is 0 Å². The Balaban J connectivity index is 1.39. The summed E-state index contributed by atoms with van der Waals surface area (Å²) >= 11 is 0. The van der Waals surface area contributed by atoms with Crippen LogP contribution in [0.2, 0.25) is 0 Å². The van der Waals surface area contributed by atoms with Crippen LogP contribution in [0.4, 0.5) is 0 Å². The number of likely N-dealkylation sites (tertiary alicyclic amines) is 1. The molecule has 1 unspecified atom stereocenters. The highest BCUT2D eigenvalue weighted by molar-refractivity contribution is 5.97. The molecule has 148 valence electrons. The molecule has 2 amide bonds. The van der Waals surface area contributed by atoms with Crippen LogP contribution >= 0.6 is 0 Å². The summed E-state index contributed by atoms with van der Waals surface area (Å²) in [4.78, 5) is 27.4. The van der Waals surface area contributed by atoms with Crippen LogP contribution < -0.4 is 5.32 Å². The van der Waals surface area contributed by atoms with Gasteiger partial charge in [0.05, 0.1) is 0 Å². The lowest BCUT2D eigenvalue weighted by molar-refractivity contribution is -0.126. The topological polar surface area (TPSA) is 104 Å². The zero-order valence-electron chi connectivity index (χ0n) is 15.9. The van der Waals surface area contributed by atoms with Crippen molar-refractivity contribution in [2.45, 2.75) is 31.8 Å². The standard InChI is InChI=1S/C21H22N6O2/c28-20(22-14-15-9-11-16(12-10-15)19-23-25-26-24-19)18-8-4-5-13-27(18)21(29)17-6-2-1-3-7-17/h1-3,6-7,9-12,18H,4-5,8,13-14H2,(H,22,28)(H,23,24,25,26). The molecule has 1 atom stereocenters. The number of carbonyl (C=O) groups excluding carboxylic acids is 2. The second-order valence-corrected chi connectivity index (χ2v) is 7.03. The van der Waals surface area contributed by atoms with E-state index in [4.69, 9.17) is 0 Å². The number of amides is 2. The Morgan fingerprint density at radius 1 is 1.07 bits per heavy atom. The molecule has 29 heavy (non-hydrogen) atoms. The van der Waals surface area contributed by atoms with E-state index in [1.54, 1.807) is 17.0 Å². The molecule has 0 saturated carbocycles. The molecule has 0 radical (unpaired) electrons. The molecule has 2 aromatic carbocycles. The number of tetrazole rings is 1. The van der Waals surface area contributed by atoms with Gasteiger partial charge in [-0.1, -0.05) is 42.5 Å². The Labute approximate surface area is 168 Å². The van der Waals surface area contributed by atoms with E-state index in [0.717, 1.165) is 24.0 Å². The average molecular weight is 390 g/mol. The second-order valence-electron chi connectivity index (χ2n) is 7.03. The molecule has 8 heteroatoms. The number of benzene rings is 2. The number of hydrogen-bond acceptors (Lipinski definition) is 5. The van der Waals surface area contributed by atoms with Gasteiger partial charge in [0.1, 0.15) is 6.04 Å². The first-order valence-corrected chi connectivity index (χ1v) is 9.69. The Kier molecular flexibility index (Phi) is 5.60. The molecule has 1 aliphatic heterocycles. The number of nitrogens with zero attached hydrogens (tertiary/aromatic N) is 4. The summed E-state index contributed by atoms with van der Waals surface area (Å²) in [6.07, 6.45) is 2.54. The van der Waals surface area contributed by atoms with Crippen molar-refractivity contribution < 1.29 is 9.59 Å². The molecule has 3 aromatic rings. The minimum atomic E-state index is -0.435. The molecule has 1 aromatic heterocycles. The molecule has 1 fully saturated rings. The van der Waals surface area contributed by atoms with Gasteiger partial charge in [0.15, 0.2) is 0 Å². The van der Waals surface area contributed by atoms with E-state index in [1.165, 1.54) is 0 Å². The highest BCUT2D eigenvalue weighted by Crippen LogP contribution is 2.20. The summed E-state index contributed by atoms with van der Waals surface area (Å²) in [5.74, 6) is 0.323. The summed E-state index contributed by atoms with van der Waals surface area (Å²) in [5, 5.41) is 16.8. The van der Waals surface area contributed by atoms with Crippen LogP contribution in [0.3, 0.4) is 0 Å².